The number of rotatable bonds is 5. The molecule has 0 saturated heterocycles. The first-order valence-electron chi connectivity index (χ1n) is 6.95. The lowest BCUT2D eigenvalue weighted by Gasteiger charge is -2.26. The lowest BCUT2D eigenvalue weighted by atomic mass is 9.93. The molecule has 18 heavy (non-hydrogen) atoms. The van der Waals surface area contributed by atoms with Gasteiger partial charge in [-0.05, 0) is 36.8 Å². The molecule has 0 bridgehead atoms. The summed E-state index contributed by atoms with van der Waals surface area (Å²) < 4.78 is 5.65. The van der Waals surface area contributed by atoms with Crippen LogP contribution in [0.25, 0.3) is 0 Å². The number of benzene rings is 1. The van der Waals surface area contributed by atoms with Crippen molar-refractivity contribution >= 4 is 0 Å². The zero-order chi connectivity index (χ0) is 12.4. The second-order valence-electron chi connectivity index (χ2n) is 5.43. The van der Waals surface area contributed by atoms with Gasteiger partial charge in [0.2, 0.25) is 0 Å². The lowest BCUT2D eigenvalue weighted by Crippen LogP contribution is -2.32. The highest BCUT2D eigenvalue weighted by Crippen LogP contribution is 2.34. The Bertz CT molecular complexity index is 403. The predicted molar refractivity (Wildman–Crippen MR) is 70.9 cm³/mol. The van der Waals surface area contributed by atoms with Gasteiger partial charge in [0, 0.05) is 19.0 Å². The topological polar surface area (TPSA) is 41.5 Å². The molecule has 1 aromatic carbocycles. The number of nitrogens with one attached hydrogen (secondary N) is 1. The molecule has 1 aliphatic carbocycles. The molecule has 0 spiro atoms. The van der Waals surface area contributed by atoms with Crippen LogP contribution in [-0.4, -0.2) is 30.9 Å². The molecule has 2 aliphatic rings. The third-order valence-electron chi connectivity index (χ3n) is 3.99. The Hall–Kier alpha value is -1.06. The summed E-state index contributed by atoms with van der Waals surface area (Å²) in [5.41, 5.74) is 1.30. The number of fused-ring (bicyclic) bond motifs is 1. The molecule has 2 unspecified atom stereocenters. The smallest absolute Gasteiger partial charge is 0.122 e. The van der Waals surface area contributed by atoms with Crippen LogP contribution in [0.3, 0.4) is 0 Å². The molecule has 0 radical (unpaired) electrons. The van der Waals surface area contributed by atoms with E-state index >= 15 is 0 Å². The summed E-state index contributed by atoms with van der Waals surface area (Å²) in [4.78, 5) is 0. The van der Waals surface area contributed by atoms with Gasteiger partial charge in [-0.2, -0.15) is 0 Å². The average molecular weight is 247 g/mol. The minimum atomic E-state index is -0.153. The van der Waals surface area contributed by atoms with E-state index in [0.717, 1.165) is 31.9 Å². The van der Waals surface area contributed by atoms with Gasteiger partial charge >= 0.3 is 0 Å². The van der Waals surface area contributed by atoms with Crippen molar-refractivity contribution in [2.45, 2.75) is 31.3 Å². The third kappa shape index (κ3) is 2.68. The second-order valence-corrected chi connectivity index (χ2v) is 5.43. The van der Waals surface area contributed by atoms with E-state index < -0.39 is 0 Å². The van der Waals surface area contributed by atoms with Crippen molar-refractivity contribution in [2.75, 3.05) is 19.7 Å². The molecule has 1 heterocycles. The van der Waals surface area contributed by atoms with Gasteiger partial charge in [0.15, 0.2) is 0 Å². The Balaban J connectivity index is 1.53. The molecule has 3 heteroatoms. The maximum atomic E-state index is 9.83. The zero-order valence-corrected chi connectivity index (χ0v) is 10.6. The monoisotopic (exact) mass is 247 g/mol. The molecule has 3 rings (SSSR count). The summed E-state index contributed by atoms with van der Waals surface area (Å²) in [6, 6.07) is 8.28. The van der Waals surface area contributed by atoms with Crippen molar-refractivity contribution in [3.63, 3.8) is 0 Å². The maximum Gasteiger partial charge on any atom is 0.122 e. The first kappa shape index (κ1) is 12.0. The molecule has 1 saturated carbocycles. The molecule has 2 N–H and O–H groups in total. The summed E-state index contributed by atoms with van der Waals surface area (Å²) in [5.74, 6) is 2.10. The molecule has 98 valence electrons. The largest absolute Gasteiger partial charge is 0.493 e. The number of para-hydroxylation sites is 1. The van der Waals surface area contributed by atoms with E-state index in [2.05, 4.69) is 17.4 Å². The Morgan fingerprint density at radius 3 is 2.94 bits per heavy atom. The average Bonchev–Trinajstić information content (AvgIpc) is 3.23. The first-order chi connectivity index (χ1) is 8.84. The van der Waals surface area contributed by atoms with Crippen molar-refractivity contribution in [2.24, 2.45) is 5.92 Å². The Morgan fingerprint density at radius 2 is 2.11 bits per heavy atom. The molecule has 0 amide bonds. The number of hydrogen-bond donors (Lipinski definition) is 2. The van der Waals surface area contributed by atoms with Crippen molar-refractivity contribution < 1.29 is 9.84 Å². The fourth-order valence-corrected chi connectivity index (χ4v) is 2.68. The van der Waals surface area contributed by atoms with Gasteiger partial charge in [-0.1, -0.05) is 18.2 Å². The highest BCUT2D eigenvalue weighted by atomic mass is 16.5. The third-order valence-corrected chi connectivity index (χ3v) is 3.99. The van der Waals surface area contributed by atoms with Gasteiger partial charge in [0.25, 0.3) is 0 Å². The van der Waals surface area contributed by atoms with Gasteiger partial charge in [0.1, 0.15) is 5.75 Å². The van der Waals surface area contributed by atoms with Gasteiger partial charge in [0.05, 0.1) is 12.7 Å². The van der Waals surface area contributed by atoms with Crippen LogP contribution in [0.1, 0.15) is 30.7 Å². The summed E-state index contributed by atoms with van der Waals surface area (Å²) in [6.45, 7) is 2.46. The molecule has 2 atom stereocenters. The second kappa shape index (κ2) is 5.29. The van der Waals surface area contributed by atoms with E-state index in [1.807, 2.05) is 12.1 Å². The normalized spacial score (nSPS) is 24.2. The summed E-state index contributed by atoms with van der Waals surface area (Å²) in [7, 11) is 0. The van der Waals surface area contributed by atoms with Crippen LogP contribution in [-0.2, 0) is 0 Å². The number of aliphatic hydroxyl groups excluding tert-OH is 1. The van der Waals surface area contributed by atoms with E-state index in [1.54, 1.807) is 0 Å². The van der Waals surface area contributed by atoms with Crippen LogP contribution < -0.4 is 10.1 Å². The van der Waals surface area contributed by atoms with Gasteiger partial charge in [-0.3, -0.25) is 0 Å². The number of aliphatic hydroxyl groups is 1. The lowest BCUT2D eigenvalue weighted by molar-refractivity contribution is 0.147. The molecular weight excluding hydrogens is 226 g/mol. The van der Waals surface area contributed by atoms with Crippen molar-refractivity contribution in [3.05, 3.63) is 29.8 Å². The summed E-state index contributed by atoms with van der Waals surface area (Å²) in [6.07, 6.45) is 3.30. The van der Waals surface area contributed by atoms with Crippen LogP contribution in [0.15, 0.2) is 24.3 Å². The van der Waals surface area contributed by atoms with Crippen LogP contribution in [0, 0.1) is 5.92 Å². The Kier molecular flexibility index (Phi) is 3.52. The van der Waals surface area contributed by atoms with Crippen LogP contribution in [0.5, 0.6) is 5.75 Å². The first-order valence-corrected chi connectivity index (χ1v) is 6.95. The highest BCUT2D eigenvalue weighted by Gasteiger charge is 2.29. The van der Waals surface area contributed by atoms with E-state index in [4.69, 9.17) is 4.74 Å². The van der Waals surface area contributed by atoms with E-state index in [-0.39, 0.29) is 6.10 Å². The van der Waals surface area contributed by atoms with Gasteiger partial charge in [-0.25, -0.2) is 0 Å². The van der Waals surface area contributed by atoms with Crippen molar-refractivity contribution in [1.82, 2.24) is 5.32 Å². The molecule has 1 fully saturated rings. The molecule has 1 aromatic rings. The van der Waals surface area contributed by atoms with E-state index in [0.29, 0.717) is 11.8 Å². The van der Waals surface area contributed by atoms with Crippen molar-refractivity contribution in [3.8, 4) is 5.75 Å². The minimum Gasteiger partial charge on any atom is -0.493 e. The number of ether oxygens (including phenoxy) is 1. The van der Waals surface area contributed by atoms with Crippen LogP contribution in [0.4, 0.5) is 0 Å². The molecule has 0 aromatic heterocycles. The van der Waals surface area contributed by atoms with E-state index in [9.17, 15) is 5.11 Å². The SMILES string of the molecule is OC(CNCC1CCOc2ccccc21)C1CC1. The Labute approximate surface area is 108 Å². The standard InChI is InChI=1S/C15H21NO2/c17-14(11-5-6-11)10-16-9-12-7-8-18-15-4-2-1-3-13(12)15/h1-4,11-12,14,16-17H,5-10H2. The van der Waals surface area contributed by atoms with E-state index in [1.165, 1.54) is 18.4 Å². The summed E-state index contributed by atoms with van der Waals surface area (Å²) >= 11 is 0. The minimum absolute atomic E-state index is 0.153. The van der Waals surface area contributed by atoms with Gasteiger partial charge < -0.3 is 15.2 Å². The Morgan fingerprint density at radius 1 is 1.28 bits per heavy atom. The fourth-order valence-electron chi connectivity index (χ4n) is 2.68. The quantitative estimate of drug-likeness (QED) is 0.835. The van der Waals surface area contributed by atoms with Crippen LogP contribution >= 0.6 is 0 Å². The zero-order valence-electron chi connectivity index (χ0n) is 10.6. The maximum absolute atomic E-state index is 9.83. The number of hydrogen-bond acceptors (Lipinski definition) is 3. The molecule has 3 nitrogen and oxygen atoms in total. The highest BCUT2D eigenvalue weighted by molar-refractivity contribution is 5.37. The predicted octanol–water partition coefficient (Wildman–Crippen LogP) is 1.91. The van der Waals surface area contributed by atoms with Gasteiger partial charge in [-0.15, -0.1) is 0 Å². The fraction of sp³-hybridized carbons (Fsp3) is 0.600. The van der Waals surface area contributed by atoms with Crippen LogP contribution in [0.2, 0.25) is 0 Å². The molecule has 1 aliphatic heterocycles. The van der Waals surface area contributed by atoms with Crippen molar-refractivity contribution in [1.29, 1.82) is 0 Å². The molecular formula is C15H21NO2. The summed E-state index contributed by atoms with van der Waals surface area (Å²) in [5, 5.41) is 13.2.